The molecule has 0 amide bonds. The summed E-state index contributed by atoms with van der Waals surface area (Å²) in [6.07, 6.45) is -0.525. The van der Waals surface area contributed by atoms with Crippen molar-refractivity contribution in [3.05, 3.63) is 65.2 Å². The molecule has 0 radical (unpaired) electrons. The van der Waals surface area contributed by atoms with Crippen LogP contribution in [0, 0.1) is 13.8 Å². The lowest BCUT2D eigenvalue weighted by Gasteiger charge is -2.16. The van der Waals surface area contributed by atoms with Crippen molar-refractivity contribution < 1.29 is 14.6 Å². The summed E-state index contributed by atoms with van der Waals surface area (Å²) < 4.78 is 5.62. The van der Waals surface area contributed by atoms with Crippen LogP contribution in [0.1, 0.15) is 16.7 Å². The fourth-order valence-corrected chi connectivity index (χ4v) is 1.96. The van der Waals surface area contributed by atoms with Gasteiger partial charge in [-0.05, 0) is 42.7 Å². The van der Waals surface area contributed by atoms with Gasteiger partial charge in [0.05, 0.1) is 0 Å². The second-order valence-corrected chi connectivity index (χ2v) is 4.88. The van der Waals surface area contributed by atoms with Gasteiger partial charge < -0.3 is 9.84 Å². The number of rotatable bonds is 5. The summed E-state index contributed by atoms with van der Waals surface area (Å²) in [7, 11) is 0. The van der Waals surface area contributed by atoms with Gasteiger partial charge in [0.1, 0.15) is 5.75 Å². The van der Waals surface area contributed by atoms with Crippen molar-refractivity contribution in [3.8, 4) is 5.75 Å². The molecule has 2 aromatic rings. The standard InChI is InChI=1S/C17H18O3/c1-12-8-9-15(10-13(12)2)20-16(17(18)19)11-14-6-4-3-5-7-14/h3-10,16H,11H2,1-2H3,(H,18,19)/t16-/m1/s1. The minimum Gasteiger partial charge on any atom is -0.478 e. The van der Waals surface area contributed by atoms with Gasteiger partial charge in [-0.3, -0.25) is 0 Å². The number of carboxylic acids is 1. The monoisotopic (exact) mass is 270 g/mol. The van der Waals surface area contributed by atoms with E-state index in [-0.39, 0.29) is 0 Å². The molecule has 0 fully saturated rings. The highest BCUT2D eigenvalue weighted by molar-refractivity contribution is 5.73. The molecule has 0 bridgehead atoms. The maximum Gasteiger partial charge on any atom is 0.345 e. The van der Waals surface area contributed by atoms with Gasteiger partial charge in [-0.2, -0.15) is 0 Å². The average Bonchev–Trinajstić information content (AvgIpc) is 2.43. The Morgan fingerprint density at radius 3 is 2.40 bits per heavy atom. The zero-order valence-electron chi connectivity index (χ0n) is 11.7. The van der Waals surface area contributed by atoms with Crippen molar-refractivity contribution in [2.75, 3.05) is 0 Å². The molecule has 3 nitrogen and oxygen atoms in total. The summed E-state index contributed by atoms with van der Waals surface area (Å²) >= 11 is 0. The maximum atomic E-state index is 11.3. The van der Waals surface area contributed by atoms with Gasteiger partial charge in [0.25, 0.3) is 0 Å². The van der Waals surface area contributed by atoms with Crippen molar-refractivity contribution >= 4 is 5.97 Å². The molecule has 3 heteroatoms. The van der Waals surface area contributed by atoms with Crippen LogP contribution in [0.15, 0.2) is 48.5 Å². The van der Waals surface area contributed by atoms with Gasteiger partial charge in [-0.1, -0.05) is 36.4 Å². The lowest BCUT2D eigenvalue weighted by atomic mass is 10.1. The molecule has 0 aromatic heterocycles. The number of benzene rings is 2. The van der Waals surface area contributed by atoms with Gasteiger partial charge in [-0.15, -0.1) is 0 Å². The Kier molecular flexibility index (Phi) is 4.41. The largest absolute Gasteiger partial charge is 0.478 e. The number of hydrogen-bond donors (Lipinski definition) is 1. The summed E-state index contributed by atoms with van der Waals surface area (Å²) in [6, 6.07) is 15.1. The van der Waals surface area contributed by atoms with Gasteiger partial charge in [0, 0.05) is 6.42 Å². The van der Waals surface area contributed by atoms with Crippen molar-refractivity contribution in [1.82, 2.24) is 0 Å². The van der Waals surface area contributed by atoms with Crippen LogP contribution in [0.2, 0.25) is 0 Å². The van der Waals surface area contributed by atoms with Crippen LogP contribution in [-0.4, -0.2) is 17.2 Å². The molecule has 0 heterocycles. The van der Waals surface area contributed by atoms with E-state index >= 15 is 0 Å². The predicted molar refractivity (Wildman–Crippen MR) is 78.1 cm³/mol. The van der Waals surface area contributed by atoms with E-state index in [1.54, 1.807) is 0 Å². The molecule has 0 aliphatic rings. The van der Waals surface area contributed by atoms with E-state index in [1.165, 1.54) is 0 Å². The first-order chi connectivity index (χ1) is 9.56. The van der Waals surface area contributed by atoms with E-state index in [9.17, 15) is 9.90 Å². The normalized spacial score (nSPS) is 11.9. The van der Waals surface area contributed by atoms with E-state index < -0.39 is 12.1 Å². The molecule has 0 saturated carbocycles. The Hall–Kier alpha value is -2.29. The zero-order valence-corrected chi connectivity index (χ0v) is 11.7. The number of aryl methyl sites for hydroxylation is 2. The van der Waals surface area contributed by atoms with E-state index in [0.29, 0.717) is 12.2 Å². The van der Waals surface area contributed by atoms with E-state index in [0.717, 1.165) is 16.7 Å². The predicted octanol–water partition coefficient (Wildman–Crippen LogP) is 3.38. The minimum absolute atomic E-state index is 0.350. The third-order valence-corrected chi connectivity index (χ3v) is 3.30. The summed E-state index contributed by atoms with van der Waals surface area (Å²) in [5.74, 6) is -0.358. The third kappa shape index (κ3) is 3.60. The molecule has 2 rings (SSSR count). The maximum absolute atomic E-state index is 11.3. The second-order valence-electron chi connectivity index (χ2n) is 4.88. The SMILES string of the molecule is Cc1ccc(O[C@H](Cc2ccccc2)C(=O)O)cc1C. The molecule has 1 N–H and O–H groups in total. The molecule has 0 aliphatic carbocycles. The molecule has 0 saturated heterocycles. The molecule has 20 heavy (non-hydrogen) atoms. The summed E-state index contributed by atoms with van der Waals surface area (Å²) in [6.45, 7) is 3.99. The van der Waals surface area contributed by atoms with Crippen molar-refractivity contribution in [2.24, 2.45) is 0 Å². The smallest absolute Gasteiger partial charge is 0.345 e. The molecule has 0 aliphatic heterocycles. The first-order valence-electron chi connectivity index (χ1n) is 6.57. The highest BCUT2D eigenvalue weighted by Gasteiger charge is 2.20. The van der Waals surface area contributed by atoms with Gasteiger partial charge in [-0.25, -0.2) is 4.79 Å². The van der Waals surface area contributed by atoms with E-state index in [4.69, 9.17) is 4.74 Å². The molecular weight excluding hydrogens is 252 g/mol. The van der Waals surface area contributed by atoms with Crippen LogP contribution < -0.4 is 4.74 Å². The van der Waals surface area contributed by atoms with Crippen LogP contribution in [0.3, 0.4) is 0 Å². The molecule has 1 atom stereocenters. The number of hydrogen-bond acceptors (Lipinski definition) is 2. The Balaban J connectivity index is 2.13. The van der Waals surface area contributed by atoms with Crippen LogP contribution >= 0.6 is 0 Å². The van der Waals surface area contributed by atoms with Crippen LogP contribution in [0.5, 0.6) is 5.75 Å². The van der Waals surface area contributed by atoms with Gasteiger partial charge in [0.15, 0.2) is 6.10 Å². The molecule has 2 aromatic carbocycles. The van der Waals surface area contributed by atoms with Crippen molar-refractivity contribution in [3.63, 3.8) is 0 Å². The lowest BCUT2D eigenvalue weighted by Crippen LogP contribution is -2.29. The average molecular weight is 270 g/mol. The minimum atomic E-state index is -0.952. The fraction of sp³-hybridized carbons (Fsp3) is 0.235. The van der Waals surface area contributed by atoms with E-state index in [1.807, 2.05) is 62.4 Å². The topological polar surface area (TPSA) is 46.5 Å². The van der Waals surface area contributed by atoms with Gasteiger partial charge in [0.2, 0.25) is 0 Å². The summed E-state index contributed by atoms with van der Waals surface area (Å²) in [4.78, 5) is 11.3. The van der Waals surface area contributed by atoms with Crippen LogP contribution in [-0.2, 0) is 11.2 Å². The highest BCUT2D eigenvalue weighted by Crippen LogP contribution is 2.19. The molecule has 0 spiro atoms. The Morgan fingerprint density at radius 1 is 1.10 bits per heavy atom. The Morgan fingerprint density at radius 2 is 1.80 bits per heavy atom. The van der Waals surface area contributed by atoms with Gasteiger partial charge >= 0.3 is 5.97 Å². The Labute approximate surface area is 118 Å². The number of carbonyl (C=O) groups is 1. The fourth-order valence-electron chi connectivity index (χ4n) is 1.96. The van der Waals surface area contributed by atoms with Crippen molar-refractivity contribution in [1.29, 1.82) is 0 Å². The molecule has 0 unspecified atom stereocenters. The number of aliphatic carboxylic acids is 1. The zero-order chi connectivity index (χ0) is 14.5. The summed E-state index contributed by atoms with van der Waals surface area (Å²) in [5.41, 5.74) is 3.20. The molecular formula is C17H18O3. The van der Waals surface area contributed by atoms with Crippen LogP contribution in [0.25, 0.3) is 0 Å². The first kappa shape index (κ1) is 14.1. The van der Waals surface area contributed by atoms with Crippen LogP contribution in [0.4, 0.5) is 0 Å². The quantitative estimate of drug-likeness (QED) is 0.906. The first-order valence-corrected chi connectivity index (χ1v) is 6.57. The number of carboxylic acid groups (broad SMARTS) is 1. The lowest BCUT2D eigenvalue weighted by molar-refractivity contribution is -0.145. The highest BCUT2D eigenvalue weighted by atomic mass is 16.5. The summed E-state index contributed by atoms with van der Waals surface area (Å²) in [5, 5.41) is 9.29. The number of ether oxygens (including phenoxy) is 1. The molecule has 104 valence electrons. The Bertz CT molecular complexity index is 590. The second kappa shape index (κ2) is 6.24. The van der Waals surface area contributed by atoms with Crippen molar-refractivity contribution in [2.45, 2.75) is 26.4 Å². The van der Waals surface area contributed by atoms with E-state index in [2.05, 4.69) is 0 Å². The third-order valence-electron chi connectivity index (χ3n) is 3.30.